The van der Waals surface area contributed by atoms with E-state index in [0.29, 0.717) is 36.2 Å². The van der Waals surface area contributed by atoms with Crippen LogP contribution in [0.1, 0.15) is 12.5 Å². The molecule has 0 saturated carbocycles. The van der Waals surface area contributed by atoms with E-state index in [1.165, 1.54) is 6.33 Å². The number of ether oxygens (including phenoxy) is 2. The molecule has 1 N–H and O–H groups in total. The summed E-state index contributed by atoms with van der Waals surface area (Å²) in [6, 6.07) is 25.9. The van der Waals surface area contributed by atoms with Crippen LogP contribution < -0.4 is 14.4 Å². The number of aromatic nitrogens is 2. The lowest BCUT2D eigenvalue weighted by atomic mass is 10.1. The van der Waals surface area contributed by atoms with Crippen molar-refractivity contribution in [1.82, 2.24) is 14.9 Å². The molecule has 1 heterocycles. The van der Waals surface area contributed by atoms with Gasteiger partial charge in [0.2, 0.25) is 0 Å². The van der Waals surface area contributed by atoms with Crippen molar-refractivity contribution in [2.45, 2.75) is 19.6 Å². The Bertz CT molecular complexity index is 1330. The van der Waals surface area contributed by atoms with E-state index in [4.69, 9.17) is 9.47 Å². The van der Waals surface area contributed by atoms with Gasteiger partial charge in [-0.1, -0.05) is 36.4 Å². The first-order valence-electron chi connectivity index (χ1n) is 12.4. The standard InChI is InChI=1S/C30H32N4O4/c1-22(30(35)36)34(25-10-7-11-27(18-25)37-17-16-33(2)3)29-19-28(31-21-32-29)24-12-14-26(15-13-24)38-20-23-8-5-4-6-9-23/h4-15,18-19,21-22H,16-17,20H2,1-3H3,(H,35,36)/t22-/m0/s1. The number of likely N-dealkylation sites (N-methyl/N-ethyl adjacent to an activating group) is 1. The third kappa shape index (κ3) is 7.08. The molecule has 0 saturated heterocycles. The molecule has 0 radical (unpaired) electrons. The topological polar surface area (TPSA) is 88.0 Å². The number of anilines is 2. The summed E-state index contributed by atoms with van der Waals surface area (Å²) < 4.78 is 11.8. The number of aliphatic carboxylic acids is 1. The summed E-state index contributed by atoms with van der Waals surface area (Å²) >= 11 is 0. The van der Waals surface area contributed by atoms with E-state index in [0.717, 1.165) is 23.4 Å². The molecular weight excluding hydrogens is 480 g/mol. The van der Waals surface area contributed by atoms with E-state index in [1.807, 2.05) is 97.9 Å². The summed E-state index contributed by atoms with van der Waals surface area (Å²) in [6.45, 7) is 3.40. The van der Waals surface area contributed by atoms with Gasteiger partial charge >= 0.3 is 5.97 Å². The van der Waals surface area contributed by atoms with E-state index in [9.17, 15) is 9.90 Å². The molecule has 4 rings (SSSR count). The Balaban J connectivity index is 1.56. The predicted octanol–water partition coefficient (Wildman–Crippen LogP) is 5.27. The number of nitrogens with zero attached hydrogens (tertiary/aromatic N) is 4. The van der Waals surface area contributed by atoms with Crippen LogP contribution in [0.15, 0.2) is 91.3 Å². The van der Waals surface area contributed by atoms with Gasteiger partial charge in [-0.15, -0.1) is 0 Å². The van der Waals surface area contributed by atoms with Gasteiger partial charge in [-0.3, -0.25) is 0 Å². The Labute approximate surface area is 223 Å². The maximum Gasteiger partial charge on any atom is 0.326 e. The van der Waals surface area contributed by atoms with Gasteiger partial charge in [0, 0.05) is 29.9 Å². The number of benzene rings is 3. The number of hydrogen-bond donors (Lipinski definition) is 1. The molecule has 1 atom stereocenters. The zero-order valence-corrected chi connectivity index (χ0v) is 21.8. The molecule has 0 unspecified atom stereocenters. The normalized spacial score (nSPS) is 11.7. The number of carboxylic acids is 1. The minimum absolute atomic E-state index is 0.472. The highest BCUT2D eigenvalue weighted by Crippen LogP contribution is 2.31. The van der Waals surface area contributed by atoms with Gasteiger partial charge in [-0.2, -0.15) is 0 Å². The maximum absolute atomic E-state index is 12.0. The SMILES string of the molecule is C[C@@H](C(=O)O)N(c1cccc(OCCN(C)C)c1)c1cc(-c2ccc(OCc3ccccc3)cc2)ncn1. The number of carboxylic acid groups (broad SMARTS) is 1. The highest BCUT2D eigenvalue weighted by atomic mass is 16.5. The molecule has 0 aliphatic rings. The molecule has 0 aliphatic carbocycles. The molecule has 0 bridgehead atoms. The molecule has 8 heteroatoms. The second kappa shape index (κ2) is 12.7. The Morgan fingerprint density at radius 3 is 2.37 bits per heavy atom. The van der Waals surface area contributed by atoms with E-state index >= 15 is 0 Å². The van der Waals surface area contributed by atoms with E-state index in [1.54, 1.807) is 17.9 Å². The molecule has 4 aromatic rings. The summed E-state index contributed by atoms with van der Waals surface area (Å²) in [5, 5.41) is 9.86. The first-order valence-corrected chi connectivity index (χ1v) is 12.4. The molecule has 0 aliphatic heterocycles. The third-order valence-electron chi connectivity index (χ3n) is 5.95. The molecule has 0 spiro atoms. The Hall–Kier alpha value is -4.43. The molecule has 1 aromatic heterocycles. The molecule has 0 amide bonds. The fourth-order valence-electron chi connectivity index (χ4n) is 3.83. The highest BCUT2D eigenvalue weighted by Gasteiger charge is 2.25. The quantitative estimate of drug-likeness (QED) is 0.275. The average Bonchev–Trinajstić information content (AvgIpc) is 2.93. The zero-order chi connectivity index (χ0) is 26.9. The summed E-state index contributed by atoms with van der Waals surface area (Å²) in [5.41, 5.74) is 3.29. The van der Waals surface area contributed by atoms with Crippen molar-refractivity contribution >= 4 is 17.5 Å². The van der Waals surface area contributed by atoms with Crippen LogP contribution in [0.25, 0.3) is 11.3 Å². The van der Waals surface area contributed by atoms with Gasteiger partial charge in [-0.25, -0.2) is 14.8 Å². The first kappa shape index (κ1) is 26.6. The van der Waals surface area contributed by atoms with E-state index in [-0.39, 0.29) is 0 Å². The molecule has 3 aromatic carbocycles. The van der Waals surface area contributed by atoms with Crippen LogP contribution in [0.4, 0.5) is 11.5 Å². The monoisotopic (exact) mass is 512 g/mol. The Kier molecular flexibility index (Phi) is 8.89. The van der Waals surface area contributed by atoms with Crippen molar-refractivity contribution in [1.29, 1.82) is 0 Å². The lowest BCUT2D eigenvalue weighted by molar-refractivity contribution is -0.138. The van der Waals surface area contributed by atoms with E-state index in [2.05, 4.69) is 9.97 Å². The zero-order valence-electron chi connectivity index (χ0n) is 21.8. The predicted molar refractivity (Wildman–Crippen MR) is 148 cm³/mol. The van der Waals surface area contributed by atoms with Gasteiger partial charge in [0.1, 0.15) is 42.9 Å². The lowest BCUT2D eigenvalue weighted by Crippen LogP contribution is -2.36. The van der Waals surface area contributed by atoms with E-state index < -0.39 is 12.0 Å². The van der Waals surface area contributed by atoms with Crippen LogP contribution in [-0.2, 0) is 11.4 Å². The van der Waals surface area contributed by atoms with Crippen LogP contribution in [-0.4, -0.2) is 59.2 Å². The summed E-state index contributed by atoms with van der Waals surface area (Å²) in [7, 11) is 3.96. The number of rotatable bonds is 12. The van der Waals surface area contributed by atoms with Crippen molar-refractivity contribution in [3.8, 4) is 22.8 Å². The van der Waals surface area contributed by atoms with Crippen LogP contribution in [0.3, 0.4) is 0 Å². The molecular formula is C30H32N4O4. The van der Waals surface area contributed by atoms with Crippen molar-refractivity contribution in [2.24, 2.45) is 0 Å². The van der Waals surface area contributed by atoms with Crippen molar-refractivity contribution < 1.29 is 19.4 Å². The minimum Gasteiger partial charge on any atom is -0.492 e. The second-order valence-electron chi connectivity index (χ2n) is 9.09. The van der Waals surface area contributed by atoms with Crippen LogP contribution in [0.5, 0.6) is 11.5 Å². The van der Waals surface area contributed by atoms with Gasteiger partial charge in [0.15, 0.2) is 0 Å². The van der Waals surface area contributed by atoms with Gasteiger partial charge in [0.25, 0.3) is 0 Å². The van der Waals surface area contributed by atoms with Crippen molar-refractivity contribution in [3.63, 3.8) is 0 Å². The van der Waals surface area contributed by atoms with Crippen LogP contribution in [0, 0.1) is 0 Å². The number of hydrogen-bond acceptors (Lipinski definition) is 7. The second-order valence-corrected chi connectivity index (χ2v) is 9.09. The third-order valence-corrected chi connectivity index (χ3v) is 5.95. The average molecular weight is 513 g/mol. The Morgan fingerprint density at radius 1 is 0.895 bits per heavy atom. The number of carbonyl (C=O) groups is 1. The highest BCUT2D eigenvalue weighted by molar-refractivity contribution is 5.82. The minimum atomic E-state index is -0.969. The summed E-state index contributed by atoms with van der Waals surface area (Å²) in [4.78, 5) is 24.6. The van der Waals surface area contributed by atoms with Gasteiger partial charge in [-0.05, 0) is 63.0 Å². The largest absolute Gasteiger partial charge is 0.492 e. The fourth-order valence-corrected chi connectivity index (χ4v) is 3.83. The maximum atomic E-state index is 12.0. The fraction of sp³-hybridized carbons (Fsp3) is 0.233. The molecule has 38 heavy (non-hydrogen) atoms. The lowest BCUT2D eigenvalue weighted by Gasteiger charge is -2.28. The van der Waals surface area contributed by atoms with Crippen LogP contribution in [0.2, 0.25) is 0 Å². The smallest absolute Gasteiger partial charge is 0.326 e. The molecule has 196 valence electrons. The van der Waals surface area contributed by atoms with Gasteiger partial charge in [0.05, 0.1) is 5.69 Å². The summed E-state index contributed by atoms with van der Waals surface area (Å²) in [6.07, 6.45) is 1.45. The van der Waals surface area contributed by atoms with Crippen LogP contribution >= 0.6 is 0 Å². The molecule has 0 fully saturated rings. The Morgan fingerprint density at radius 2 is 1.66 bits per heavy atom. The van der Waals surface area contributed by atoms with Crippen molar-refractivity contribution in [3.05, 3.63) is 96.8 Å². The van der Waals surface area contributed by atoms with Gasteiger partial charge < -0.3 is 24.4 Å². The summed E-state index contributed by atoms with van der Waals surface area (Å²) in [5.74, 6) is 0.912. The first-order chi connectivity index (χ1) is 18.4. The molecule has 8 nitrogen and oxygen atoms in total. The van der Waals surface area contributed by atoms with Crippen molar-refractivity contribution in [2.75, 3.05) is 32.1 Å².